The third-order valence-corrected chi connectivity index (χ3v) is 2.95. The standard InChI is InChI=1S/C11H19NO2/c1-9(13)5-3-4-6-10-7-8-11(14)12(10)2/h10H,3-8H2,1-2H3/t10-/m0/s1. The highest BCUT2D eigenvalue weighted by Crippen LogP contribution is 2.21. The molecule has 0 N–H and O–H groups in total. The zero-order valence-electron chi connectivity index (χ0n) is 9.08. The summed E-state index contributed by atoms with van der Waals surface area (Å²) in [5.41, 5.74) is 0. The van der Waals surface area contributed by atoms with Gasteiger partial charge in [-0.3, -0.25) is 4.79 Å². The molecule has 1 aliphatic rings. The first kappa shape index (κ1) is 11.2. The minimum absolute atomic E-state index is 0.265. The van der Waals surface area contributed by atoms with E-state index in [0.29, 0.717) is 18.9 Å². The number of hydrogen-bond acceptors (Lipinski definition) is 2. The Labute approximate surface area is 85.5 Å². The predicted octanol–water partition coefficient (Wildman–Crippen LogP) is 1.76. The minimum Gasteiger partial charge on any atom is -0.343 e. The summed E-state index contributed by atoms with van der Waals surface area (Å²) in [6, 6.07) is 0.425. The maximum Gasteiger partial charge on any atom is 0.222 e. The molecular weight excluding hydrogens is 178 g/mol. The Kier molecular flexibility index (Phi) is 4.11. The summed E-state index contributed by atoms with van der Waals surface area (Å²) in [6.45, 7) is 1.63. The first-order valence-electron chi connectivity index (χ1n) is 5.36. The molecule has 1 amide bonds. The van der Waals surface area contributed by atoms with Crippen molar-refractivity contribution in [2.75, 3.05) is 7.05 Å². The van der Waals surface area contributed by atoms with Gasteiger partial charge in [0.25, 0.3) is 0 Å². The average Bonchev–Trinajstić information content (AvgIpc) is 2.43. The number of unbranched alkanes of at least 4 members (excludes halogenated alkanes) is 1. The van der Waals surface area contributed by atoms with Crippen LogP contribution in [0.5, 0.6) is 0 Å². The highest BCUT2D eigenvalue weighted by Gasteiger charge is 2.26. The Morgan fingerprint density at radius 3 is 2.71 bits per heavy atom. The SMILES string of the molecule is CC(=O)CCCC[C@H]1CCC(=O)N1C. The van der Waals surface area contributed by atoms with Crippen molar-refractivity contribution in [1.29, 1.82) is 0 Å². The summed E-state index contributed by atoms with van der Waals surface area (Å²) in [4.78, 5) is 23.7. The van der Waals surface area contributed by atoms with Crippen molar-refractivity contribution in [1.82, 2.24) is 4.90 Å². The highest BCUT2D eigenvalue weighted by atomic mass is 16.2. The number of Topliss-reactive ketones (excluding diaryl/α,β-unsaturated/α-hetero) is 1. The lowest BCUT2D eigenvalue weighted by atomic mass is 10.1. The number of ketones is 1. The largest absolute Gasteiger partial charge is 0.343 e. The minimum atomic E-state index is 0.265. The molecular formula is C11H19NO2. The summed E-state index contributed by atoms with van der Waals surface area (Å²) in [5.74, 6) is 0.530. The van der Waals surface area contributed by atoms with E-state index in [1.807, 2.05) is 11.9 Å². The van der Waals surface area contributed by atoms with Crippen molar-refractivity contribution in [3.05, 3.63) is 0 Å². The smallest absolute Gasteiger partial charge is 0.222 e. The van der Waals surface area contributed by atoms with E-state index in [-0.39, 0.29) is 11.7 Å². The second-order valence-corrected chi connectivity index (χ2v) is 4.14. The fraction of sp³-hybridized carbons (Fsp3) is 0.818. The molecule has 0 aromatic heterocycles. The van der Waals surface area contributed by atoms with Gasteiger partial charge in [-0.2, -0.15) is 0 Å². The van der Waals surface area contributed by atoms with Gasteiger partial charge in [0, 0.05) is 25.9 Å². The van der Waals surface area contributed by atoms with Gasteiger partial charge in [0.15, 0.2) is 0 Å². The molecule has 1 heterocycles. The predicted molar refractivity (Wildman–Crippen MR) is 54.9 cm³/mol. The van der Waals surface area contributed by atoms with E-state index in [1.54, 1.807) is 6.92 Å². The average molecular weight is 197 g/mol. The first-order chi connectivity index (χ1) is 6.61. The molecule has 14 heavy (non-hydrogen) atoms. The second-order valence-electron chi connectivity index (χ2n) is 4.14. The Bertz CT molecular complexity index is 225. The third-order valence-electron chi connectivity index (χ3n) is 2.95. The number of rotatable bonds is 5. The lowest BCUT2D eigenvalue weighted by Gasteiger charge is -2.19. The summed E-state index contributed by atoms with van der Waals surface area (Å²) in [5, 5.41) is 0. The number of amides is 1. The number of nitrogens with zero attached hydrogens (tertiary/aromatic N) is 1. The van der Waals surface area contributed by atoms with Gasteiger partial charge in [-0.1, -0.05) is 6.42 Å². The Balaban J connectivity index is 2.13. The van der Waals surface area contributed by atoms with E-state index in [4.69, 9.17) is 0 Å². The number of likely N-dealkylation sites (tertiary alicyclic amines) is 1. The topological polar surface area (TPSA) is 37.4 Å². The molecule has 0 aromatic rings. The normalized spacial score (nSPS) is 21.7. The molecule has 0 saturated carbocycles. The van der Waals surface area contributed by atoms with Crippen LogP contribution >= 0.6 is 0 Å². The molecule has 3 nitrogen and oxygen atoms in total. The van der Waals surface area contributed by atoms with Crippen molar-refractivity contribution < 1.29 is 9.59 Å². The summed E-state index contributed by atoms with van der Waals surface area (Å²) < 4.78 is 0. The van der Waals surface area contributed by atoms with Crippen molar-refractivity contribution in [3.8, 4) is 0 Å². The maximum absolute atomic E-state index is 11.2. The van der Waals surface area contributed by atoms with E-state index in [2.05, 4.69) is 0 Å². The van der Waals surface area contributed by atoms with Crippen LogP contribution in [0.15, 0.2) is 0 Å². The molecule has 0 unspecified atom stereocenters. The Morgan fingerprint density at radius 2 is 2.21 bits per heavy atom. The molecule has 80 valence electrons. The van der Waals surface area contributed by atoms with Gasteiger partial charge in [-0.05, 0) is 26.2 Å². The van der Waals surface area contributed by atoms with E-state index >= 15 is 0 Å². The van der Waals surface area contributed by atoms with Crippen LogP contribution in [0.2, 0.25) is 0 Å². The van der Waals surface area contributed by atoms with Crippen LogP contribution < -0.4 is 0 Å². The van der Waals surface area contributed by atoms with E-state index < -0.39 is 0 Å². The van der Waals surface area contributed by atoms with Gasteiger partial charge in [0.1, 0.15) is 5.78 Å². The molecule has 1 fully saturated rings. The van der Waals surface area contributed by atoms with Crippen molar-refractivity contribution >= 4 is 11.7 Å². The number of carbonyl (C=O) groups is 2. The fourth-order valence-electron chi connectivity index (χ4n) is 1.96. The van der Waals surface area contributed by atoms with Crippen LogP contribution in [0.4, 0.5) is 0 Å². The van der Waals surface area contributed by atoms with Crippen LogP contribution in [0.1, 0.15) is 45.4 Å². The van der Waals surface area contributed by atoms with E-state index in [9.17, 15) is 9.59 Å². The van der Waals surface area contributed by atoms with Gasteiger partial charge >= 0.3 is 0 Å². The molecule has 3 heteroatoms. The zero-order valence-corrected chi connectivity index (χ0v) is 9.08. The molecule has 0 aromatic carbocycles. The van der Waals surface area contributed by atoms with Crippen molar-refractivity contribution in [2.24, 2.45) is 0 Å². The lowest BCUT2D eigenvalue weighted by Crippen LogP contribution is -2.28. The molecule has 0 radical (unpaired) electrons. The monoisotopic (exact) mass is 197 g/mol. The van der Waals surface area contributed by atoms with Crippen LogP contribution in [0.3, 0.4) is 0 Å². The fourth-order valence-corrected chi connectivity index (χ4v) is 1.96. The maximum atomic E-state index is 11.2. The zero-order chi connectivity index (χ0) is 10.6. The molecule has 1 rings (SSSR count). The van der Waals surface area contributed by atoms with Crippen LogP contribution in [0.25, 0.3) is 0 Å². The van der Waals surface area contributed by atoms with Crippen LogP contribution in [-0.2, 0) is 9.59 Å². The van der Waals surface area contributed by atoms with Crippen LogP contribution in [0, 0.1) is 0 Å². The van der Waals surface area contributed by atoms with Crippen molar-refractivity contribution in [3.63, 3.8) is 0 Å². The number of carbonyl (C=O) groups excluding carboxylic acids is 2. The van der Waals surface area contributed by atoms with E-state index in [1.165, 1.54) is 0 Å². The lowest BCUT2D eigenvalue weighted by molar-refractivity contribution is -0.127. The second kappa shape index (κ2) is 5.13. The molecule has 1 aliphatic heterocycles. The van der Waals surface area contributed by atoms with Gasteiger partial charge in [0.05, 0.1) is 0 Å². The third kappa shape index (κ3) is 3.13. The molecule has 1 saturated heterocycles. The van der Waals surface area contributed by atoms with Gasteiger partial charge in [0.2, 0.25) is 5.91 Å². The summed E-state index contributed by atoms with van der Waals surface area (Å²) in [7, 11) is 1.88. The quantitative estimate of drug-likeness (QED) is 0.630. The molecule has 0 aliphatic carbocycles. The Morgan fingerprint density at radius 1 is 1.50 bits per heavy atom. The molecule has 0 spiro atoms. The number of hydrogen-bond donors (Lipinski definition) is 0. The summed E-state index contributed by atoms with van der Waals surface area (Å²) in [6.07, 6.45) is 5.46. The molecule has 1 atom stereocenters. The first-order valence-corrected chi connectivity index (χ1v) is 5.36. The van der Waals surface area contributed by atoms with Gasteiger partial charge < -0.3 is 9.69 Å². The van der Waals surface area contributed by atoms with E-state index in [0.717, 1.165) is 25.7 Å². The summed E-state index contributed by atoms with van der Waals surface area (Å²) >= 11 is 0. The molecule has 0 bridgehead atoms. The Hall–Kier alpha value is -0.860. The van der Waals surface area contributed by atoms with Gasteiger partial charge in [-0.25, -0.2) is 0 Å². The van der Waals surface area contributed by atoms with Gasteiger partial charge in [-0.15, -0.1) is 0 Å². The highest BCUT2D eigenvalue weighted by molar-refractivity contribution is 5.78. The van der Waals surface area contributed by atoms with Crippen molar-refractivity contribution in [2.45, 2.75) is 51.5 Å². The van der Waals surface area contributed by atoms with Crippen LogP contribution in [-0.4, -0.2) is 29.7 Å².